The average molecular weight is 418 g/mol. The standard InChI is InChI=1S/C27H35N3O/c1-29-9-4-7-24(29)25(30-10-8-22-5-2-3-6-23(22)18-30)17-28-26(31)27-14-19-11-20(15-27)13-21(12-19)16-27/h2-7,9,19-21,25H,8,10-18H2,1H3,(H,28,31)/t19?,20?,21?,25-,27?/m1/s1. The molecule has 1 N–H and O–H groups in total. The van der Waals surface area contributed by atoms with E-state index in [1.165, 1.54) is 36.1 Å². The first-order chi connectivity index (χ1) is 15.1. The van der Waals surface area contributed by atoms with Gasteiger partial charge in [0, 0.05) is 44.0 Å². The van der Waals surface area contributed by atoms with E-state index in [2.05, 4.69) is 64.4 Å². The van der Waals surface area contributed by atoms with Crippen LogP contribution in [0.1, 0.15) is 61.4 Å². The average Bonchev–Trinajstić information content (AvgIpc) is 3.18. The molecule has 0 unspecified atom stereocenters. The van der Waals surface area contributed by atoms with Crippen molar-refractivity contribution in [2.24, 2.45) is 30.2 Å². The Morgan fingerprint density at radius 2 is 1.71 bits per heavy atom. The van der Waals surface area contributed by atoms with Gasteiger partial charge in [-0.3, -0.25) is 9.69 Å². The van der Waals surface area contributed by atoms with Crippen LogP contribution in [0.5, 0.6) is 0 Å². The third kappa shape index (κ3) is 3.44. The van der Waals surface area contributed by atoms with E-state index in [4.69, 9.17) is 0 Å². The second-order valence-electron chi connectivity index (χ2n) is 11.0. The quantitative estimate of drug-likeness (QED) is 0.780. The first-order valence-corrected chi connectivity index (χ1v) is 12.3. The molecule has 2 heterocycles. The van der Waals surface area contributed by atoms with E-state index in [-0.39, 0.29) is 11.5 Å². The van der Waals surface area contributed by atoms with Gasteiger partial charge in [-0.25, -0.2) is 0 Å². The number of nitrogens with zero attached hydrogens (tertiary/aromatic N) is 2. The number of carbonyl (C=O) groups is 1. The number of nitrogens with one attached hydrogen (secondary N) is 1. The molecule has 2 aromatic rings. The van der Waals surface area contributed by atoms with E-state index in [1.807, 2.05) is 0 Å². The highest BCUT2D eigenvalue weighted by Gasteiger charge is 2.54. The van der Waals surface area contributed by atoms with Crippen molar-refractivity contribution in [1.29, 1.82) is 0 Å². The predicted octanol–water partition coefficient (Wildman–Crippen LogP) is 4.46. The van der Waals surface area contributed by atoms with E-state index >= 15 is 0 Å². The lowest BCUT2D eigenvalue weighted by atomic mass is 9.49. The Balaban J connectivity index is 1.21. The van der Waals surface area contributed by atoms with Crippen molar-refractivity contribution < 1.29 is 4.79 Å². The molecular weight excluding hydrogens is 382 g/mol. The van der Waals surface area contributed by atoms with Gasteiger partial charge in [-0.2, -0.15) is 0 Å². The molecular formula is C27H35N3O. The zero-order valence-corrected chi connectivity index (χ0v) is 18.7. The Bertz CT molecular complexity index is 941. The third-order valence-corrected chi connectivity index (χ3v) is 8.90. The molecule has 1 aliphatic heterocycles. The number of carbonyl (C=O) groups excluding carboxylic acids is 1. The van der Waals surface area contributed by atoms with Crippen molar-refractivity contribution >= 4 is 5.91 Å². The monoisotopic (exact) mass is 417 g/mol. The number of amides is 1. The highest BCUT2D eigenvalue weighted by molar-refractivity contribution is 5.83. The van der Waals surface area contributed by atoms with Gasteiger partial charge >= 0.3 is 0 Å². The summed E-state index contributed by atoms with van der Waals surface area (Å²) in [5, 5.41) is 3.48. The Labute approximate surface area is 186 Å². The normalized spacial score (nSPS) is 32.6. The summed E-state index contributed by atoms with van der Waals surface area (Å²) < 4.78 is 2.22. The van der Waals surface area contributed by atoms with E-state index < -0.39 is 0 Å². The SMILES string of the molecule is Cn1cccc1[C@@H](CNC(=O)C12CC3CC(CC(C3)C1)C2)N1CCc2ccccc2C1. The van der Waals surface area contributed by atoms with Crippen LogP contribution in [0.4, 0.5) is 0 Å². The van der Waals surface area contributed by atoms with Gasteiger partial charge in [0.2, 0.25) is 5.91 Å². The second-order valence-corrected chi connectivity index (χ2v) is 11.0. The second kappa shape index (κ2) is 7.51. The molecule has 31 heavy (non-hydrogen) atoms. The van der Waals surface area contributed by atoms with Crippen molar-refractivity contribution in [1.82, 2.24) is 14.8 Å². The van der Waals surface area contributed by atoms with Crippen LogP contribution in [-0.2, 0) is 24.8 Å². The van der Waals surface area contributed by atoms with Gasteiger partial charge in [-0.05, 0) is 86.0 Å². The number of rotatable bonds is 5. The summed E-state index contributed by atoms with van der Waals surface area (Å²) in [6.45, 7) is 2.71. The largest absolute Gasteiger partial charge is 0.354 e. The smallest absolute Gasteiger partial charge is 0.226 e. The van der Waals surface area contributed by atoms with E-state index in [0.29, 0.717) is 12.5 Å². The van der Waals surface area contributed by atoms with Gasteiger partial charge in [-0.1, -0.05) is 24.3 Å². The first-order valence-electron chi connectivity index (χ1n) is 12.3. The fourth-order valence-corrected chi connectivity index (χ4v) is 7.79. The van der Waals surface area contributed by atoms with Crippen molar-refractivity contribution in [3.63, 3.8) is 0 Å². The summed E-state index contributed by atoms with van der Waals surface area (Å²) in [5.41, 5.74) is 4.13. The number of hydrogen-bond donors (Lipinski definition) is 1. The molecule has 1 aromatic heterocycles. The zero-order chi connectivity index (χ0) is 21.0. The van der Waals surface area contributed by atoms with Crippen LogP contribution < -0.4 is 5.32 Å². The Morgan fingerprint density at radius 3 is 2.35 bits per heavy atom. The van der Waals surface area contributed by atoms with Gasteiger partial charge in [-0.15, -0.1) is 0 Å². The van der Waals surface area contributed by atoms with Crippen molar-refractivity contribution in [3.8, 4) is 0 Å². The maximum absolute atomic E-state index is 13.6. The topological polar surface area (TPSA) is 37.3 Å². The molecule has 1 aromatic carbocycles. The Morgan fingerprint density at radius 1 is 1.03 bits per heavy atom. The molecule has 0 saturated heterocycles. The summed E-state index contributed by atoms with van der Waals surface area (Å²) in [6.07, 6.45) is 10.8. The molecule has 0 spiro atoms. The molecule has 4 aliphatic carbocycles. The molecule has 164 valence electrons. The molecule has 4 saturated carbocycles. The molecule has 0 radical (unpaired) electrons. The third-order valence-electron chi connectivity index (χ3n) is 8.90. The molecule has 4 heteroatoms. The molecule has 4 nitrogen and oxygen atoms in total. The summed E-state index contributed by atoms with van der Waals surface area (Å²) in [4.78, 5) is 16.2. The van der Waals surface area contributed by atoms with Crippen LogP contribution in [0.15, 0.2) is 42.6 Å². The number of benzene rings is 1. The molecule has 1 atom stereocenters. The molecule has 4 fully saturated rings. The van der Waals surface area contributed by atoms with Gasteiger partial charge in [0.15, 0.2) is 0 Å². The molecule has 5 aliphatic rings. The van der Waals surface area contributed by atoms with Crippen LogP contribution in [0.3, 0.4) is 0 Å². The molecule has 1 amide bonds. The zero-order valence-electron chi connectivity index (χ0n) is 18.7. The van der Waals surface area contributed by atoms with E-state index in [0.717, 1.165) is 56.5 Å². The highest BCUT2D eigenvalue weighted by Crippen LogP contribution is 2.60. The van der Waals surface area contributed by atoms with Gasteiger partial charge in [0.1, 0.15) is 0 Å². The minimum absolute atomic E-state index is 0.0675. The number of aromatic nitrogens is 1. The summed E-state index contributed by atoms with van der Waals surface area (Å²) in [6, 6.07) is 13.4. The fourth-order valence-electron chi connectivity index (χ4n) is 7.79. The van der Waals surface area contributed by atoms with Crippen LogP contribution in [-0.4, -0.2) is 28.5 Å². The van der Waals surface area contributed by atoms with Crippen molar-refractivity contribution in [2.45, 2.75) is 57.5 Å². The fraction of sp³-hybridized carbons (Fsp3) is 0.593. The van der Waals surface area contributed by atoms with Crippen LogP contribution >= 0.6 is 0 Å². The summed E-state index contributed by atoms with van der Waals surface area (Å²) in [5.74, 6) is 2.76. The maximum atomic E-state index is 13.6. The van der Waals surface area contributed by atoms with E-state index in [9.17, 15) is 4.79 Å². The predicted molar refractivity (Wildman–Crippen MR) is 122 cm³/mol. The summed E-state index contributed by atoms with van der Waals surface area (Å²) >= 11 is 0. The molecule has 7 rings (SSSR count). The number of fused-ring (bicyclic) bond motifs is 1. The van der Waals surface area contributed by atoms with Crippen LogP contribution in [0, 0.1) is 23.2 Å². The van der Waals surface area contributed by atoms with Crippen molar-refractivity contribution in [3.05, 3.63) is 59.4 Å². The Kier molecular flexibility index (Phi) is 4.75. The lowest BCUT2D eigenvalue weighted by Gasteiger charge is -2.55. The van der Waals surface area contributed by atoms with Gasteiger partial charge < -0.3 is 9.88 Å². The number of hydrogen-bond acceptors (Lipinski definition) is 2. The van der Waals surface area contributed by atoms with E-state index in [1.54, 1.807) is 0 Å². The molecule has 4 bridgehead atoms. The lowest BCUT2D eigenvalue weighted by Crippen LogP contribution is -2.54. The van der Waals surface area contributed by atoms with Crippen LogP contribution in [0.2, 0.25) is 0 Å². The van der Waals surface area contributed by atoms with Crippen LogP contribution in [0.25, 0.3) is 0 Å². The lowest BCUT2D eigenvalue weighted by molar-refractivity contribution is -0.146. The minimum atomic E-state index is -0.0675. The van der Waals surface area contributed by atoms with Gasteiger partial charge in [0.05, 0.1) is 6.04 Å². The van der Waals surface area contributed by atoms with Gasteiger partial charge in [0.25, 0.3) is 0 Å². The summed E-state index contributed by atoms with van der Waals surface area (Å²) in [7, 11) is 2.13. The first kappa shape index (κ1) is 19.6. The Hall–Kier alpha value is -2.07. The number of aryl methyl sites for hydroxylation is 1. The maximum Gasteiger partial charge on any atom is 0.226 e. The minimum Gasteiger partial charge on any atom is -0.354 e. The van der Waals surface area contributed by atoms with Crippen molar-refractivity contribution in [2.75, 3.05) is 13.1 Å². The highest BCUT2D eigenvalue weighted by atomic mass is 16.2.